The van der Waals surface area contributed by atoms with Gasteiger partial charge in [-0.05, 0) is 94.0 Å². The quantitative estimate of drug-likeness (QED) is 0.516. The largest absolute Gasteiger partial charge is 0.322 e. The lowest BCUT2D eigenvalue weighted by Gasteiger charge is -2.31. The lowest BCUT2D eigenvalue weighted by atomic mass is 9.84. The summed E-state index contributed by atoms with van der Waals surface area (Å²) in [5.74, 6) is 0. The zero-order valence-corrected chi connectivity index (χ0v) is 20.9. The van der Waals surface area contributed by atoms with Crippen LogP contribution in [0, 0.1) is 48.5 Å². The highest BCUT2D eigenvalue weighted by molar-refractivity contribution is 7.89. The number of hydrogen-bond acceptors (Lipinski definition) is 3. The maximum atomic E-state index is 13.4. The molecular weight excluding hydrogens is 416 g/mol. The molecule has 0 aliphatic heterocycles. The Hall–Kier alpha value is -2.47. The van der Waals surface area contributed by atoms with E-state index in [4.69, 9.17) is 5.73 Å². The number of sulfonamides is 1. The second kappa shape index (κ2) is 9.18. The number of benzene rings is 3. The number of nitrogens with one attached hydrogen (secondary N) is 1. The molecule has 0 saturated carbocycles. The second-order valence-corrected chi connectivity index (χ2v) is 10.8. The molecule has 0 aliphatic rings. The van der Waals surface area contributed by atoms with Crippen LogP contribution in [0.4, 0.5) is 0 Å². The molecule has 0 radical (unpaired) electrons. The highest BCUT2D eigenvalue weighted by Crippen LogP contribution is 2.36. The predicted molar refractivity (Wildman–Crippen MR) is 132 cm³/mol. The zero-order valence-electron chi connectivity index (χ0n) is 20.1. The minimum atomic E-state index is -3.78. The number of aryl methyl sites for hydroxylation is 7. The van der Waals surface area contributed by atoms with Gasteiger partial charge in [0.25, 0.3) is 0 Å². The molecule has 0 heterocycles. The van der Waals surface area contributed by atoms with Gasteiger partial charge in [-0.3, -0.25) is 0 Å². The number of hydrogen-bond donors (Lipinski definition) is 2. The third-order valence-electron chi connectivity index (χ3n) is 6.09. The fraction of sp³-hybridized carbons (Fsp3) is 0.333. The van der Waals surface area contributed by atoms with Gasteiger partial charge in [0.15, 0.2) is 0 Å². The first-order valence-corrected chi connectivity index (χ1v) is 12.4. The Labute approximate surface area is 192 Å². The van der Waals surface area contributed by atoms with Gasteiger partial charge in [0, 0.05) is 0 Å². The monoisotopic (exact) mass is 450 g/mol. The van der Waals surface area contributed by atoms with Crippen molar-refractivity contribution in [2.75, 3.05) is 0 Å². The summed E-state index contributed by atoms with van der Waals surface area (Å²) in [4.78, 5) is 0.236. The topological polar surface area (TPSA) is 72.2 Å². The second-order valence-electron chi connectivity index (χ2n) is 9.06. The Kier molecular flexibility index (Phi) is 6.94. The van der Waals surface area contributed by atoms with Crippen LogP contribution in [0.1, 0.15) is 62.2 Å². The molecule has 0 unspecified atom stereocenters. The van der Waals surface area contributed by atoms with E-state index in [1.54, 1.807) is 24.3 Å². The molecule has 4 nitrogen and oxygen atoms in total. The molecule has 3 aromatic rings. The summed E-state index contributed by atoms with van der Waals surface area (Å²) in [7, 11) is -3.78. The molecule has 3 aromatic carbocycles. The van der Waals surface area contributed by atoms with Crippen molar-refractivity contribution >= 4 is 10.0 Å². The van der Waals surface area contributed by atoms with Crippen molar-refractivity contribution in [2.45, 2.75) is 65.4 Å². The van der Waals surface area contributed by atoms with E-state index in [1.165, 1.54) is 0 Å². The lowest BCUT2D eigenvalue weighted by Crippen LogP contribution is -2.37. The molecule has 0 amide bonds. The zero-order chi connectivity index (χ0) is 23.8. The summed E-state index contributed by atoms with van der Waals surface area (Å²) in [5.41, 5.74) is 16.3. The summed E-state index contributed by atoms with van der Waals surface area (Å²) in [6, 6.07) is 14.1. The summed E-state index contributed by atoms with van der Waals surface area (Å²) in [6.07, 6.45) is 0. The minimum Gasteiger partial charge on any atom is -0.322 e. The van der Waals surface area contributed by atoms with Crippen LogP contribution in [0.5, 0.6) is 0 Å². The Morgan fingerprint density at radius 3 is 1.50 bits per heavy atom. The molecular formula is C27H34N2O2S. The van der Waals surface area contributed by atoms with E-state index in [0.717, 1.165) is 50.1 Å². The van der Waals surface area contributed by atoms with Gasteiger partial charge < -0.3 is 5.73 Å². The summed E-state index contributed by atoms with van der Waals surface area (Å²) < 4.78 is 29.8. The lowest BCUT2D eigenvalue weighted by molar-refractivity contribution is 0.498. The molecule has 2 atom stereocenters. The average Bonchev–Trinajstić information content (AvgIpc) is 2.65. The van der Waals surface area contributed by atoms with Crippen LogP contribution < -0.4 is 10.5 Å². The minimum absolute atomic E-state index is 0.236. The van der Waals surface area contributed by atoms with Crippen molar-refractivity contribution in [1.82, 2.24) is 4.72 Å². The molecule has 3 N–H and O–H groups in total. The molecule has 0 aliphatic carbocycles. The smallest absolute Gasteiger partial charge is 0.241 e. The van der Waals surface area contributed by atoms with E-state index in [2.05, 4.69) is 35.9 Å². The van der Waals surface area contributed by atoms with Crippen molar-refractivity contribution in [3.05, 3.63) is 98.6 Å². The fourth-order valence-electron chi connectivity index (χ4n) is 4.83. The van der Waals surface area contributed by atoms with E-state index < -0.39 is 22.1 Å². The van der Waals surface area contributed by atoms with Gasteiger partial charge in [0.1, 0.15) is 0 Å². The van der Waals surface area contributed by atoms with Crippen LogP contribution in [0.2, 0.25) is 0 Å². The van der Waals surface area contributed by atoms with E-state index in [0.29, 0.717) is 0 Å². The van der Waals surface area contributed by atoms with Crippen molar-refractivity contribution in [3.63, 3.8) is 0 Å². The van der Waals surface area contributed by atoms with E-state index in [9.17, 15) is 8.42 Å². The van der Waals surface area contributed by atoms with Crippen LogP contribution >= 0.6 is 0 Å². The maximum absolute atomic E-state index is 13.4. The standard InChI is InChI=1S/C27H34N2O2S/c1-16-8-10-23(11-9-16)32(30,31)29-27(25-21(6)14-18(3)15-22(25)7)26(28)24-19(4)12-17(2)13-20(24)5/h8-15,26-27,29H,28H2,1-7H3/t26-,27-/m1/s1. The van der Waals surface area contributed by atoms with Gasteiger partial charge in [0.05, 0.1) is 17.0 Å². The van der Waals surface area contributed by atoms with Gasteiger partial charge in [-0.2, -0.15) is 0 Å². The van der Waals surface area contributed by atoms with E-state index in [1.807, 2.05) is 41.5 Å². The van der Waals surface area contributed by atoms with Crippen molar-refractivity contribution in [3.8, 4) is 0 Å². The molecule has 0 saturated heterocycles. The first kappa shape index (κ1) is 24.2. The van der Waals surface area contributed by atoms with Gasteiger partial charge in [-0.25, -0.2) is 13.1 Å². The molecule has 0 fully saturated rings. The Bertz CT molecular complexity index is 1200. The SMILES string of the molecule is Cc1ccc(S(=O)(=O)N[C@H](c2c(C)cc(C)cc2C)[C@H](N)c2c(C)cc(C)cc2C)cc1. The summed E-state index contributed by atoms with van der Waals surface area (Å²) in [5, 5.41) is 0. The molecule has 3 rings (SSSR count). The van der Waals surface area contributed by atoms with E-state index >= 15 is 0 Å². The fourth-order valence-corrected chi connectivity index (χ4v) is 6.06. The molecule has 32 heavy (non-hydrogen) atoms. The summed E-state index contributed by atoms with van der Waals surface area (Å²) in [6.45, 7) is 14.1. The third-order valence-corrected chi connectivity index (χ3v) is 7.55. The van der Waals surface area contributed by atoms with Crippen LogP contribution in [-0.4, -0.2) is 8.42 Å². The molecule has 0 spiro atoms. The van der Waals surface area contributed by atoms with Gasteiger partial charge in [-0.1, -0.05) is 53.1 Å². The third kappa shape index (κ3) is 4.96. The van der Waals surface area contributed by atoms with Gasteiger partial charge in [-0.15, -0.1) is 0 Å². The van der Waals surface area contributed by atoms with Crippen molar-refractivity contribution < 1.29 is 8.42 Å². The van der Waals surface area contributed by atoms with Crippen molar-refractivity contribution in [2.24, 2.45) is 5.73 Å². The van der Waals surface area contributed by atoms with Crippen LogP contribution in [0.3, 0.4) is 0 Å². The number of rotatable bonds is 6. The maximum Gasteiger partial charge on any atom is 0.241 e. The summed E-state index contributed by atoms with van der Waals surface area (Å²) >= 11 is 0. The average molecular weight is 451 g/mol. The normalized spacial score (nSPS) is 13.8. The van der Waals surface area contributed by atoms with Gasteiger partial charge in [0.2, 0.25) is 10.0 Å². The highest BCUT2D eigenvalue weighted by atomic mass is 32.2. The van der Waals surface area contributed by atoms with Crippen LogP contribution in [0.15, 0.2) is 53.4 Å². The molecule has 0 bridgehead atoms. The Balaban J connectivity index is 2.18. The molecule has 0 aromatic heterocycles. The molecule has 5 heteroatoms. The highest BCUT2D eigenvalue weighted by Gasteiger charge is 2.31. The van der Waals surface area contributed by atoms with Crippen molar-refractivity contribution in [1.29, 1.82) is 0 Å². The number of nitrogens with two attached hydrogens (primary N) is 1. The first-order chi connectivity index (χ1) is 14.9. The Morgan fingerprint density at radius 2 is 1.06 bits per heavy atom. The predicted octanol–water partition coefficient (Wildman–Crippen LogP) is 5.57. The first-order valence-electron chi connectivity index (χ1n) is 10.9. The molecule has 170 valence electrons. The van der Waals surface area contributed by atoms with Crippen LogP contribution in [0.25, 0.3) is 0 Å². The van der Waals surface area contributed by atoms with E-state index in [-0.39, 0.29) is 4.90 Å². The van der Waals surface area contributed by atoms with Gasteiger partial charge >= 0.3 is 0 Å². The Morgan fingerprint density at radius 1 is 0.656 bits per heavy atom. The van der Waals surface area contributed by atoms with Crippen LogP contribution in [-0.2, 0) is 10.0 Å².